The van der Waals surface area contributed by atoms with E-state index in [0.29, 0.717) is 11.4 Å². The molecule has 0 aliphatic heterocycles. The number of carbonyl (C=O) groups excluding carboxylic acids is 1. The van der Waals surface area contributed by atoms with E-state index in [0.717, 1.165) is 22.1 Å². The molecule has 0 aliphatic carbocycles. The quantitative estimate of drug-likeness (QED) is 0.0624. The number of aryl methyl sites for hydroxylation is 1. The van der Waals surface area contributed by atoms with Gasteiger partial charge >= 0.3 is 55.3 Å². The molecule has 0 unspecified atom stereocenters. The van der Waals surface area contributed by atoms with Gasteiger partial charge in [0, 0.05) is 11.6 Å². The topological polar surface area (TPSA) is 30.2 Å². The molecule has 8 aromatic rings. The summed E-state index contributed by atoms with van der Waals surface area (Å²) < 4.78 is 349. The normalized spacial score (nSPS) is 13.2. The molecule has 450 valence electrons. The van der Waals surface area contributed by atoms with Crippen LogP contribution in [0.2, 0.25) is 0 Å². The van der Waals surface area contributed by atoms with Gasteiger partial charge in [0.15, 0.2) is 6.20 Å². The van der Waals surface area contributed by atoms with Crippen LogP contribution in [0.3, 0.4) is 0 Å². The van der Waals surface area contributed by atoms with Gasteiger partial charge in [-0.15, -0.1) is 0 Å². The van der Waals surface area contributed by atoms with Crippen LogP contribution in [0.15, 0.2) is 158 Å². The Balaban J connectivity index is 0.000000306. The van der Waals surface area contributed by atoms with Gasteiger partial charge in [0.2, 0.25) is 12.3 Å². The second-order valence-electron chi connectivity index (χ2n) is 19.1. The fourth-order valence-corrected chi connectivity index (χ4v) is 9.35. The van der Waals surface area contributed by atoms with Gasteiger partial charge in [0.05, 0.1) is 49.9 Å². The fraction of sp³-hybridized carbons (Fsp3) is 0.193. The van der Waals surface area contributed by atoms with Crippen LogP contribution in [0, 0.1) is 13.8 Å². The molecule has 0 saturated heterocycles. The van der Waals surface area contributed by atoms with E-state index in [1.165, 1.54) is 5.56 Å². The van der Waals surface area contributed by atoms with Crippen molar-refractivity contribution in [2.75, 3.05) is 0 Å². The van der Waals surface area contributed by atoms with E-state index in [-0.39, 0.29) is 12.3 Å². The number of pyridine rings is 1. The zero-order valence-corrected chi connectivity index (χ0v) is 42.6. The SMILES string of the molecule is Cc1cccc(Oc2c3ccccc3cc[n+]2CC(=O)c2ccccc2)c1C.FC(F)(F)c1cc([B-](c2cc(C(F)(F)F)cc(C(F)(F)F)c2)(c2cc(C(F)(F)F)cc(C(F)(F)F)c2)c2cc(C(F)(F)F)cc(C(F)(F)F)c2)cc(C(F)(F)F)c1. The number of nitrogens with zero attached hydrogens (tertiary/aromatic N) is 1. The maximum absolute atomic E-state index is 14.2. The Morgan fingerprint density at radius 1 is 0.388 bits per heavy atom. The van der Waals surface area contributed by atoms with Crippen molar-refractivity contribution in [1.82, 2.24) is 0 Å². The molecule has 0 fully saturated rings. The summed E-state index contributed by atoms with van der Waals surface area (Å²) in [5.41, 5.74) is -27.2. The van der Waals surface area contributed by atoms with E-state index in [9.17, 15) is 110 Å². The zero-order valence-electron chi connectivity index (χ0n) is 42.6. The largest absolute Gasteiger partial charge is 0.416 e. The first-order valence-corrected chi connectivity index (χ1v) is 24.0. The maximum Gasteiger partial charge on any atom is 0.416 e. The fourth-order valence-electron chi connectivity index (χ4n) is 9.35. The number of ether oxygens (including phenoxy) is 1. The number of rotatable bonds is 9. The lowest BCUT2D eigenvalue weighted by molar-refractivity contribution is -0.685. The van der Waals surface area contributed by atoms with Crippen LogP contribution in [0.4, 0.5) is 105 Å². The Labute approximate surface area is 463 Å². The predicted octanol–water partition coefficient (Wildman–Crippen LogP) is 16.6. The van der Waals surface area contributed by atoms with Crippen LogP contribution in [0.5, 0.6) is 11.6 Å². The van der Waals surface area contributed by atoms with E-state index in [1.807, 2.05) is 77.5 Å². The molecule has 0 radical (unpaired) electrons. The van der Waals surface area contributed by atoms with Crippen molar-refractivity contribution in [2.45, 2.75) is 69.8 Å². The van der Waals surface area contributed by atoms with Gasteiger partial charge in [0.1, 0.15) is 11.9 Å². The van der Waals surface area contributed by atoms with Gasteiger partial charge < -0.3 is 4.74 Å². The summed E-state index contributed by atoms with van der Waals surface area (Å²) in [6, 6.07) is 16.7. The maximum atomic E-state index is 14.2. The van der Waals surface area contributed by atoms with Gasteiger partial charge in [-0.3, -0.25) is 4.79 Å². The predicted molar refractivity (Wildman–Crippen MR) is 261 cm³/mol. The molecule has 7 aromatic carbocycles. The number of aromatic nitrogens is 1. The van der Waals surface area contributed by atoms with Crippen molar-refractivity contribution in [3.05, 3.63) is 219 Å². The summed E-state index contributed by atoms with van der Waals surface area (Å²) in [5.74, 6) is 1.53. The van der Waals surface area contributed by atoms with Crippen LogP contribution < -0.4 is 31.2 Å². The highest BCUT2D eigenvalue weighted by Gasteiger charge is 2.47. The molecule has 1 aromatic heterocycles. The molecule has 0 bridgehead atoms. The number of fused-ring (bicyclic) bond motifs is 1. The molecule has 0 amide bonds. The van der Waals surface area contributed by atoms with Crippen molar-refractivity contribution in [3.8, 4) is 11.6 Å². The molecule has 0 atom stereocenters. The number of benzene rings is 7. The average molecular weight is 1230 g/mol. The van der Waals surface area contributed by atoms with Gasteiger partial charge in [-0.25, -0.2) is 0 Å². The van der Waals surface area contributed by atoms with E-state index >= 15 is 0 Å². The third kappa shape index (κ3) is 14.3. The summed E-state index contributed by atoms with van der Waals surface area (Å²) in [4.78, 5) is 12.8. The van der Waals surface area contributed by atoms with E-state index in [2.05, 4.69) is 26.0 Å². The van der Waals surface area contributed by atoms with Crippen LogP contribution >= 0.6 is 0 Å². The molecule has 0 aliphatic rings. The number of alkyl halides is 24. The van der Waals surface area contributed by atoms with Gasteiger partial charge in [-0.2, -0.15) is 132 Å². The number of halogens is 24. The number of ketones is 1. The summed E-state index contributed by atoms with van der Waals surface area (Å²) in [5, 5.41) is 2.05. The number of hydrogen-bond donors (Lipinski definition) is 0. The first kappa shape index (κ1) is 64.4. The molecule has 1 heterocycles. The Hall–Kier alpha value is -8.20. The van der Waals surface area contributed by atoms with Crippen molar-refractivity contribution in [1.29, 1.82) is 0 Å². The monoisotopic (exact) mass is 1230 g/mol. The minimum absolute atomic E-state index is 0.0479. The Kier molecular flexibility index (Phi) is 17.2. The highest BCUT2D eigenvalue weighted by molar-refractivity contribution is 7.20. The molecule has 0 N–H and O–H groups in total. The molecular weight excluding hydrogens is 1200 g/mol. The molecular formula is C57H34BF24NO2. The third-order valence-corrected chi connectivity index (χ3v) is 13.5. The number of Topliss-reactive ketones (excluding diaryl/α,β-unsaturated/α-hetero) is 1. The van der Waals surface area contributed by atoms with E-state index in [1.54, 1.807) is 0 Å². The summed E-state index contributed by atoms with van der Waals surface area (Å²) >= 11 is 0. The molecule has 0 spiro atoms. The van der Waals surface area contributed by atoms with Crippen molar-refractivity contribution in [2.24, 2.45) is 0 Å². The standard InChI is InChI=1S/C32H12BF24.C25H22NO2/c34-25(35,36)13-1-14(26(37,38)39)6-21(5-13)33(22-7-15(27(40,41)42)2-16(8-22)28(43,44)45,23-9-17(29(46,47)48)3-18(10-23)30(49,50)51)24-11-19(31(52,53)54)4-20(12-24)32(55,56)57;1-18-9-8-14-24(19(18)2)28-25-22-13-7-6-10-20(22)15-16-26(25)17-23(27)21-11-4-3-5-12-21/h1-12H;3-16H,17H2,1-2H3/q-1;+1. The highest BCUT2D eigenvalue weighted by atomic mass is 19.4. The minimum Gasteiger partial charge on any atom is -0.404 e. The summed E-state index contributed by atoms with van der Waals surface area (Å²) in [6.45, 7) is 4.34. The second-order valence-corrected chi connectivity index (χ2v) is 19.1. The van der Waals surface area contributed by atoms with Crippen molar-refractivity contribution < 1.29 is 119 Å². The smallest absolute Gasteiger partial charge is 0.404 e. The molecule has 8 rings (SSSR count). The molecule has 0 saturated carbocycles. The highest BCUT2D eigenvalue weighted by Crippen LogP contribution is 2.42. The van der Waals surface area contributed by atoms with Gasteiger partial charge in [0.25, 0.3) is 0 Å². The van der Waals surface area contributed by atoms with Crippen molar-refractivity contribution in [3.63, 3.8) is 0 Å². The first-order chi connectivity index (χ1) is 38.9. The Bertz CT molecular complexity index is 3340. The van der Waals surface area contributed by atoms with Crippen LogP contribution in [-0.2, 0) is 56.0 Å². The molecule has 28 heteroatoms. The lowest BCUT2D eigenvalue weighted by Gasteiger charge is -2.46. The lowest BCUT2D eigenvalue weighted by Crippen LogP contribution is -2.75. The molecule has 85 heavy (non-hydrogen) atoms. The number of carbonyl (C=O) groups is 1. The van der Waals surface area contributed by atoms with Crippen LogP contribution in [0.25, 0.3) is 10.8 Å². The third-order valence-electron chi connectivity index (χ3n) is 13.5. The average Bonchev–Trinajstić information content (AvgIpc) is 0.792. The number of hydrogen-bond acceptors (Lipinski definition) is 2. The van der Waals surface area contributed by atoms with E-state index in [4.69, 9.17) is 4.74 Å². The van der Waals surface area contributed by atoms with Gasteiger partial charge in [-0.1, -0.05) is 109 Å². The molecule has 3 nitrogen and oxygen atoms in total. The van der Waals surface area contributed by atoms with Gasteiger partial charge in [-0.05, 0) is 66.8 Å². The lowest BCUT2D eigenvalue weighted by atomic mass is 9.12. The second kappa shape index (κ2) is 22.7. The first-order valence-electron chi connectivity index (χ1n) is 24.0. The minimum atomic E-state index is -6.13. The Morgan fingerprint density at radius 3 is 1.04 bits per heavy atom. The van der Waals surface area contributed by atoms with Crippen LogP contribution in [-0.4, -0.2) is 11.9 Å². The van der Waals surface area contributed by atoms with Crippen LogP contribution in [0.1, 0.15) is 66.0 Å². The summed E-state index contributed by atoms with van der Waals surface area (Å²) in [7, 11) is 0. The summed E-state index contributed by atoms with van der Waals surface area (Å²) in [6.07, 6.45) is -52.9. The van der Waals surface area contributed by atoms with Crippen molar-refractivity contribution >= 4 is 44.6 Å². The zero-order chi connectivity index (χ0) is 63.4. The van der Waals surface area contributed by atoms with E-state index < -0.39 is 195 Å². The Morgan fingerprint density at radius 2 is 0.706 bits per heavy atom.